The number of nitrogens with zero attached hydrogens (tertiary/aromatic N) is 6. The smallest absolute Gasteiger partial charge is 0.253 e. The fourth-order valence-corrected chi connectivity index (χ4v) is 5.14. The Balaban J connectivity index is 1.55. The summed E-state index contributed by atoms with van der Waals surface area (Å²) >= 11 is 0. The molecule has 0 bridgehead atoms. The first kappa shape index (κ1) is 25.4. The summed E-state index contributed by atoms with van der Waals surface area (Å²) in [5, 5.41) is 13.9. The van der Waals surface area contributed by atoms with Crippen molar-refractivity contribution in [3.05, 3.63) is 141 Å². The van der Waals surface area contributed by atoms with E-state index in [1.165, 1.54) is 0 Å². The zero-order valence-electron chi connectivity index (χ0n) is 22.4. The molecule has 6 aromatic rings. The molecular weight excluding hydrogens is 502 g/mol. The van der Waals surface area contributed by atoms with Crippen LogP contribution in [0.25, 0.3) is 10.9 Å². The summed E-state index contributed by atoms with van der Waals surface area (Å²) in [6.45, 7) is 5.43. The van der Waals surface area contributed by atoms with Crippen LogP contribution in [0.3, 0.4) is 0 Å². The van der Waals surface area contributed by atoms with Crippen LogP contribution in [0, 0.1) is 13.8 Å². The van der Waals surface area contributed by atoms with E-state index in [2.05, 4.69) is 43.4 Å². The lowest BCUT2D eigenvalue weighted by Gasteiger charge is -2.30. The van der Waals surface area contributed by atoms with Crippen LogP contribution in [0.5, 0.6) is 0 Å². The first-order chi connectivity index (χ1) is 19.6. The molecule has 6 rings (SSSR count). The Morgan fingerprint density at radius 1 is 0.950 bits per heavy atom. The number of pyridine rings is 2. The van der Waals surface area contributed by atoms with Crippen molar-refractivity contribution in [3.8, 4) is 0 Å². The van der Waals surface area contributed by atoms with Gasteiger partial charge < -0.3 is 9.40 Å². The molecule has 4 heterocycles. The highest BCUT2D eigenvalue weighted by molar-refractivity contribution is 5.85. The lowest BCUT2D eigenvalue weighted by Crippen LogP contribution is -2.35. The molecule has 0 spiro atoms. The van der Waals surface area contributed by atoms with Crippen molar-refractivity contribution in [3.63, 3.8) is 0 Å². The van der Waals surface area contributed by atoms with E-state index in [-0.39, 0.29) is 5.56 Å². The molecule has 0 saturated heterocycles. The first-order valence-corrected chi connectivity index (χ1v) is 13.2. The van der Waals surface area contributed by atoms with Gasteiger partial charge in [-0.25, -0.2) is 4.68 Å². The molecule has 4 aromatic heterocycles. The molecule has 2 aromatic carbocycles. The van der Waals surface area contributed by atoms with Crippen molar-refractivity contribution in [1.82, 2.24) is 35.1 Å². The minimum atomic E-state index is -0.586. The summed E-state index contributed by atoms with van der Waals surface area (Å²) < 4.78 is 7.53. The molecule has 0 aliphatic heterocycles. The van der Waals surface area contributed by atoms with Crippen molar-refractivity contribution in [1.29, 1.82) is 0 Å². The number of fused-ring (bicyclic) bond motifs is 1. The minimum absolute atomic E-state index is 0.184. The van der Waals surface area contributed by atoms with Gasteiger partial charge in [0.25, 0.3) is 5.56 Å². The summed E-state index contributed by atoms with van der Waals surface area (Å²) in [6.07, 6.45) is 5.23. The standard InChI is InChI=1S/C31H29N7O2/c1-21-12-13-22(2)28-26(21)16-27(31(39)33-28)29(30-34-35-36-38(30)19-23-8-4-3-5-9-23)37(20-25-11-7-15-40-25)18-24-10-6-14-32-17-24/h3-17,29H,18-20H2,1-2H3,(H,33,39). The number of tetrazole rings is 1. The van der Waals surface area contributed by atoms with Crippen LogP contribution >= 0.6 is 0 Å². The molecule has 0 aliphatic carbocycles. The maximum atomic E-state index is 13.9. The highest BCUT2D eigenvalue weighted by atomic mass is 16.3. The van der Waals surface area contributed by atoms with Gasteiger partial charge in [0, 0.05) is 29.9 Å². The SMILES string of the molecule is Cc1ccc(C)c2[nH]c(=O)c(C(c3nnnn3Cc3ccccc3)N(Cc3cccnc3)Cc3ccco3)cc12. The van der Waals surface area contributed by atoms with E-state index in [4.69, 9.17) is 4.42 Å². The first-order valence-electron chi connectivity index (χ1n) is 13.2. The summed E-state index contributed by atoms with van der Waals surface area (Å²) in [7, 11) is 0. The molecule has 200 valence electrons. The van der Waals surface area contributed by atoms with Gasteiger partial charge in [0.15, 0.2) is 5.82 Å². The Morgan fingerprint density at radius 3 is 2.55 bits per heavy atom. The maximum absolute atomic E-state index is 13.9. The molecule has 0 aliphatic rings. The number of aromatic nitrogens is 6. The predicted octanol–water partition coefficient (Wildman–Crippen LogP) is 4.96. The second kappa shape index (κ2) is 11.1. The van der Waals surface area contributed by atoms with E-state index < -0.39 is 6.04 Å². The van der Waals surface area contributed by atoms with Crippen LogP contribution in [0.4, 0.5) is 0 Å². The van der Waals surface area contributed by atoms with Gasteiger partial charge in [0.1, 0.15) is 11.8 Å². The van der Waals surface area contributed by atoms with Crippen LogP contribution in [0.2, 0.25) is 0 Å². The van der Waals surface area contributed by atoms with Crippen molar-refractivity contribution in [2.24, 2.45) is 0 Å². The Morgan fingerprint density at radius 2 is 1.77 bits per heavy atom. The van der Waals surface area contributed by atoms with Crippen LogP contribution < -0.4 is 5.56 Å². The summed E-state index contributed by atoms with van der Waals surface area (Å²) in [5.74, 6) is 1.33. The maximum Gasteiger partial charge on any atom is 0.253 e. The Hall–Kier alpha value is -4.89. The van der Waals surface area contributed by atoms with Gasteiger partial charge in [0.2, 0.25) is 0 Å². The third kappa shape index (κ3) is 5.19. The van der Waals surface area contributed by atoms with E-state index in [0.717, 1.165) is 38.9 Å². The summed E-state index contributed by atoms with van der Waals surface area (Å²) in [4.78, 5) is 23.5. The molecule has 1 N–H and O–H groups in total. The van der Waals surface area contributed by atoms with Crippen molar-refractivity contribution in [2.75, 3.05) is 0 Å². The quantitative estimate of drug-likeness (QED) is 0.281. The highest BCUT2D eigenvalue weighted by Gasteiger charge is 2.31. The topological polar surface area (TPSA) is 106 Å². The summed E-state index contributed by atoms with van der Waals surface area (Å²) in [6, 6.07) is 23.2. The van der Waals surface area contributed by atoms with E-state index in [0.29, 0.717) is 31.0 Å². The van der Waals surface area contributed by atoms with Gasteiger partial charge in [-0.3, -0.25) is 14.7 Å². The van der Waals surface area contributed by atoms with Crippen molar-refractivity contribution < 1.29 is 4.42 Å². The number of aromatic amines is 1. The number of hydrogen-bond donors (Lipinski definition) is 1. The largest absolute Gasteiger partial charge is 0.468 e. The average molecular weight is 532 g/mol. The van der Waals surface area contributed by atoms with Gasteiger partial charge in [-0.1, -0.05) is 48.5 Å². The number of aryl methyl sites for hydroxylation is 2. The van der Waals surface area contributed by atoms with Crippen LogP contribution in [0.15, 0.2) is 101 Å². The number of hydrogen-bond acceptors (Lipinski definition) is 7. The Bertz CT molecular complexity index is 1780. The van der Waals surface area contributed by atoms with Gasteiger partial charge in [-0.05, 0) is 70.8 Å². The lowest BCUT2D eigenvalue weighted by molar-refractivity contribution is 0.179. The third-order valence-corrected chi connectivity index (χ3v) is 7.16. The average Bonchev–Trinajstić information content (AvgIpc) is 3.65. The van der Waals surface area contributed by atoms with Crippen molar-refractivity contribution >= 4 is 10.9 Å². The fraction of sp³-hybridized carbons (Fsp3) is 0.194. The number of H-pyrrole nitrogens is 1. The Kier molecular flexibility index (Phi) is 7.03. The monoisotopic (exact) mass is 531 g/mol. The number of furan rings is 1. The van der Waals surface area contributed by atoms with Gasteiger partial charge in [-0.15, -0.1) is 5.10 Å². The molecule has 1 atom stereocenters. The molecule has 9 heteroatoms. The number of benzene rings is 2. The summed E-state index contributed by atoms with van der Waals surface area (Å²) in [5.41, 5.74) is 5.34. The van der Waals surface area contributed by atoms with E-state index >= 15 is 0 Å². The zero-order chi connectivity index (χ0) is 27.5. The van der Waals surface area contributed by atoms with Gasteiger partial charge >= 0.3 is 0 Å². The van der Waals surface area contributed by atoms with Gasteiger partial charge in [0.05, 0.1) is 24.9 Å². The second-order valence-corrected chi connectivity index (χ2v) is 9.97. The Labute approximate surface area is 231 Å². The van der Waals surface area contributed by atoms with Crippen LogP contribution in [0.1, 0.15) is 45.4 Å². The second-order valence-electron chi connectivity index (χ2n) is 9.97. The molecule has 0 saturated carbocycles. The molecule has 0 amide bonds. The minimum Gasteiger partial charge on any atom is -0.468 e. The van der Waals surface area contributed by atoms with Crippen molar-refractivity contribution in [2.45, 2.75) is 39.5 Å². The van der Waals surface area contributed by atoms with Crippen LogP contribution in [-0.2, 0) is 19.6 Å². The van der Waals surface area contributed by atoms with Gasteiger partial charge in [-0.2, -0.15) is 0 Å². The van der Waals surface area contributed by atoms with E-state index in [9.17, 15) is 4.79 Å². The molecule has 0 fully saturated rings. The highest BCUT2D eigenvalue weighted by Crippen LogP contribution is 2.31. The zero-order valence-corrected chi connectivity index (χ0v) is 22.4. The molecule has 9 nitrogen and oxygen atoms in total. The van der Waals surface area contributed by atoms with E-state index in [1.54, 1.807) is 17.1 Å². The number of rotatable bonds is 9. The molecule has 40 heavy (non-hydrogen) atoms. The third-order valence-electron chi connectivity index (χ3n) is 7.16. The van der Waals surface area contributed by atoms with Crippen LogP contribution in [-0.4, -0.2) is 35.1 Å². The lowest BCUT2D eigenvalue weighted by atomic mass is 9.99. The van der Waals surface area contributed by atoms with E-state index in [1.807, 2.05) is 79.9 Å². The molecule has 1 unspecified atom stereocenters. The normalized spacial score (nSPS) is 12.3. The predicted molar refractivity (Wildman–Crippen MR) is 151 cm³/mol. The molecule has 0 radical (unpaired) electrons. The number of nitrogens with one attached hydrogen (secondary N) is 1. The fourth-order valence-electron chi connectivity index (χ4n) is 5.14. The molecular formula is C31H29N7O2.